The number of hydrogen-bond acceptors (Lipinski definition) is 4. The van der Waals surface area contributed by atoms with Crippen LogP contribution < -0.4 is 0 Å². The van der Waals surface area contributed by atoms with Gasteiger partial charge < -0.3 is 4.74 Å². The summed E-state index contributed by atoms with van der Waals surface area (Å²) in [6.45, 7) is 3.39. The first-order valence-corrected chi connectivity index (χ1v) is 8.20. The lowest BCUT2D eigenvalue weighted by molar-refractivity contribution is 0.0752. The van der Waals surface area contributed by atoms with E-state index >= 15 is 0 Å². The van der Waals surface area contributed by atoms with E-state index in [1.807, 2.05) is 13.0 Å². The maximum Gasteiger partial charge on any atom is 0.218 e. The van der Waals surface area contributed by atoms with Crippen LogP contribution in [-0.4, -0.2) is 38.5 Å². The molecule has 0 amide bonds. The third-order valence-electron chi connectivity index (χ3n) is 3.24. The molecule has 1 aliphatic heterocycles. The fourth-order valence-electron chi connectivity index (χ4n) is 2.19. The van der Waals surface area contributed by atoms with E-state index in [4.69, 9.17) is 10.00 Å². The highest BCUT2D eigenvalue weighted by atomic mass is 32.2. The van der Waals surface area contributed by atoms with E-state index < -0.39 is 10.0 Å². The second-order valence-electron chi connectivity index (χ2n) is 4.96. The second kappa shape index (κ2) is 6.35. The van der Waals surface area contributed by atoms with Gasteiger partial charge in [-0.15, -0.1) is 0 Å². The molecule has 1 fully saturated rings. The van der Waals surface area contributed by atoms with E-state index in [9.17, 15) is 8.42 Å². The van der Waals surface area contributed by atoms with Gasteiger partial charge in [0, 0.05) is 19.7 Å². The summed E-state index contributed by atoms with van der Waals surface area (Å²) in [7, 11) is -3.34. The van der Waals surface area contributed by atoms with Gasteiger partial charge in [0.1, 0.15) is 0 Å². The van der Waals surface area contributed by atoms with Crippen molar-refractivity contribution in [1.82, 2.24) is 4.31 Å². The molecule has 1 aromatic carbocycles. The molecule has 20 heavy (non-hydrogen) atoms. The maximum absolute atomic E-state index is 12.4. The average Bonchev–Trinajstić information content (AvgIpc) is 2.64. The van der Waals surface area contributed by atoms with E-state index in [1.165, 1.54) is 4.31 Å². The van der Waals surface area contributed by atoms with Gasteiger partial charge in [-0.25, -0.2) is 8.42 Å². The molecule has 1 atom stereocenters. The highest BCUT2D eigenvalue weighted by Crippen LogP contribution is 2.15. The van der Waals surface area contributed by atoms with Crippen LogP contribution in [0.5, 0.6) is 0 Å². The van der Waals surface area contributed by atoms with Gasteiger partial charge in [0.05, 0.1) is 23.5 Å². The van der Waals surface area contributed by atoms with Crippen molar-refractivity contribution in [2.45, 2.75) is 25.2 Å². The predicted molar refractivity (Wildman–Crippen MR) is 75.4 cm³/mol. The van der Waals surface area contributed by atoms with Gasteiger partial charge in [-0.3, -0.25) is 0 Å². The van der Waals surface area contributed by atoms with E-state index in [1.54, 1.807) is 24.3 Å². The van der Waals surface area contributed by atoms with Crippen LogP contribution in [0.4, 0.5) is 0 Å². The Morgan fingerprint density at radius 3 is 2.75 bits per heavy atom. The molecule has 1 saturated heterocycles. The minimum Gasteiger partial charge on any atom is -0.377 e. The molecule has 5 nitrogen and oxygen atoms in total. The molecule has 2 rings (SSSR count). The molecule has 0 bridgehead atoms. The zero-order chi connectivity index (χ0) is 14.6. The van der Waals surface area contributed by atoms with Crippen LogP contribution in [0.15, 0.2) is 24.3 Å². The van der Waals surface area contributed by atoms with Crippen LogP contribution in [0.1, 0.15) is 24.5 Å². The fraction of sp³-hybridized carbons (Fsp3) is 0.500. The molecule has 0 spiro atoms. The monoisotopic (exact) mass is 294 g/mol. The van der Waals surface area contributed by atoms with Gasteiger partial charge in [0.25, 0.3) is 0 Å². The minimum absolute atomic E-state index is 0.0363. The lowest BCUT2D eigenvalue weighted by atomic mass is 10.2. The molecule has 1 heterocycles. The Bertz CT molecular complexity index is 590. The van der Waals surface area contributed by atoms with Gasteiger partial charge in [-0.2, -0.15) is 9.57 Å². The smallest absolute Gasteiger partial charge is 0.218 e. The lowest BCUT2D eigenvalue weighted by Gasteiger charge is -2.21. The summed E-state index contributed by atoms with van der Waals surface area (Å²) in [5.41, 5.74) is 1.23. The van der Waals surface area contributed by atoms with Crippen LogP contribution in [0.2, 0.25) is 0 Å². The number of rotatable bonds is 3. The average molecular weight is 294 g/mol. The second-order valence-corrected chi connectivity index (χ2v) is 6.93. The summed E-state index contributed by atoms with van der Waals surface area (Å²) in [4.78, 5) is 0. The molecule has 1 aliphatic rings. The first-order chi connectivity index (χ1) is 9.51. The first-order valence-electron chi connectivity index (χ1n) is 6.60. The number of sulfonamides is 1. The molecular formula is C14H18N2O3S. The molecule has 0 aliphatic carbocycles. The number of nitrogens with zero attached hydrogens (tertiary/aromatic N) is 2. The van der Waals surface area contributed by atoms with Crippen LogP contribution in [0.3, 0.4) is 0 Å². The maximum atomic E-state index is 12.4. The summed E-state index contributed by atoms with van der Waals surface area (Å²) in [6, 6.07) is 8.67. The summed E-state index contributed by atoms with van der Waals surface area (Å²) >= 11 is 0. The standard InChI is InChI=1S/C14H18N2O3S/c1-12-10-16(7-2-8-19-12)20(17,18)11-14-5-3-13(9-15)4-6-14/h3-6,12H,2,7-8,10-11H2,1H3. The Morgan fingerprint density at radius 2 is 2.10 bits per heavy atom. The molecule has 0 saturated carbocycles. The molecule has 1 aromatic rings. The van der Waals surface area contributed by atoms with Crippen molar-refractivity contribution in [3.05, 3.63) is 35.4 Å². The van der Waals surface area contributed by atoms with Crippen molar-refractivity contribution in [2.24, 2.45) is 0 Å². The Balaban J connectivity index is 2.11. The number of ether oxygens (including phenoxy) is 1. The highest BCUT2D eigenvalue weighted by molar-refractivity contribution is 7.88. The Kier molecular flexibility index (Phi) is 4.76. The van der Waals surface area contributed by atoms with Gasteiger partial charge in [-0.1, -0.05) is 12.1 Å². The third-order valence-corrected chi connectivity index (χ3v) is 5.06. The third kappa shape index (κ3) is 3.79. The first kappa shape index (κ1) is 15.0. The Morgan fingerprint density at radius 1 is 1.40 bits per heavy atom. The Hall–Kier alpha value is -1.42. The zero-order valence-corrected chi connectivity index (χ0v) is 12.3. The van der Waals surface area contributed by atoms with Crippen LogP contribution in [-0.2, 0) is 20.5 Å². The van der Waals surface area contributed by atoms with Gasteiger partial charge in [0.15, 0.2) is 0 Å². The number of benzene rings is 1. The summed E-state index contributed by atoms with van der Waals surface area (Å²) in [5.74, 6) is -0.0363. The summed E-state index contributed by atoms with van der Waals surface area (Å²) < 4.78 is 31.8. The van der Waals surface area contributed by atoms with E-state index in [2.05, 4.69) is 0 Å². The molecule has 0 radical (unpaired) electrons. The van der Waals surface area contributed by atoms with Gasteiger partial charge >= 0.3 is 0 Å². The Labute approximate surface area is 119 Å². The molecule has 6 heteroatoms. The van der Waals surface area contributed by atoms with Crippen molar-refractivity contribution < 1.29 is 13.2 Å². The van der Waals surface area contributed by atoms with Gasteiger partial charge in [0.2, 0.25) is 10.0 Å². The van der Waals surface area contributed by atoms with Crippen LogP contribution in [0.25, 0.3) is 0 Å². The summed E-state index contributed by atoms with van der Waals surface area (Å²) in [5, 5.41) is 8.73. The fourth-order valence-corrected chi connectivity index (χ4v) is 3.83. The lowest BCUT2D eigenvalue weighted by Crippen LogP contribution is -2.36. The quantitative estimate of drug-likeness (QED) is 0.847. The van der Waals surface area contributed by atoms with E-state index in [0.29, 0.717) is 30.8 Å². The van der Waals surface area contributed by atoms with Gasteiger partial charge in [-0.05, 0) is 31.0 Å². The topological polar surface area (TPSA) is 70.4 Å². The molecular weight excluding hydrogens is 276 g/mol. The van der Waals surface area contributed by atoms with Crippen LogP contribution in [0, 0.1) is 11.3 Å². The molecule has 1 unspecified atom stereocenters. The van der Waals surface area contributed by atoms with E-state index in [-0.39, 0.29) is 11.9 Å². The minimum atomic E-state index is -3.34. The van der Waals surface area contributed by atoms with Crippen molar-refractivity contribution >= 4 is 10.0 Å². The predicted octanol–water partition coefficient (Wildman–Crippen LogP) is 1.50. The van der Waals surface area contributed by atoms with Crippen LogP contribution >= 0.6 is 0 Å². The highest BCUT2D eigenvalue weighted by Gasteiger charge is 2.26. The zero-order valence-electron chi connectivity index (χ0n) is 11.4. The van der Waals surface area contributed by atoms with Crippen molar-refractivity contribution in [2.75, 3.05) is 19.7 Å². The molecule has 0 aromatic heterocycles. The van der Waals surface area contributed by atoms with E-state index in [0.717, 1.165) is 6.42 Å². The van der Waals surface area contributed by atoms with Crippen molar-refractivity contribution in [3.8, 4) is 6.07 Å². The van der Waals surface area contributed by atoms with Crippen molar-refractivity contribution in [1.29, 1.82) is 5.26 Å². The normalized spacial score (nSPS) is 21.1. The summed E-state index contributed by atoms with van der Waals surface area (Å²) in [6.07, 6.45) is 0.643. The van der Waals surface area contributed by atoms with Crippen molar-refractivity contribution in [3.63, 3.8) is 0 Å². The molecule has 0 N–H and O–H groups in total. The molecule has 108 valence electrons. The largest absolute Gasteiger partial charge is 0.377 e. The number of hydrogen-bond donors (Lipinski definition) is 0. The SMILES string of the molecule is CC1CN(S(=O)(=O)Cc2ccc(C#N)cc2)CCCO1. The number of nitriles is 1.